The lowest BCUT2D eigenvalue weighted by Gasteiger charge is -2.26. The van der Waals surface area contributed by atoms with Crippen molar-refractivity contribution in [3.8, 4) is 0 Å². The highest BCUT2D eigenvalue weighted by atomic mass is 32.1. The number of rotatable bonds is 2. The van der Waals surface area contributed by atoms with E-state index in [1.54, 1.807) is 0 Å². The Morgan fingerprint density at radius 3 is 1.63 bits per heavy atom. The van der Waals surface area contributed by atoms with Gasteiger partial charge >= 0.3 is 0 Å². The van der Waals surface area contributed by atoms with E-state index >= 15 is 0 Å². The van der Waals surface area contributed by atoms with E-state index in [0.29, 0.717) is 0 Å². The molecule has 94 valence electrons. The third kappa shape index (κ3) is 1.71. The molecule has 0 spiro atoms. The minimum atomic E-state index is 0.187. The summed E-state index contributed by atoms with van der Waals surface area (Å²) in [5, 5.41) is 4.40. The molecule has 0 N–H and O–H groups in total. The van der Waals surface area contributed by atoms with Crippen LogP contribution in [0.25, 0.3) is 0 Å². The molecule has 0 fully saturated rings. The topological polar surface area (TPSA) is 0 Å². The molecule has 0 saturated heterocycles. The summed E-state index contributed by atoms with van der Waals surface area (Å²) in [6.45, 7) is 0. The number of fused-ring (bicyclic) bond motifs is 1. The molecular formula is C17H14S2. The summed E-state index contributed by atoms with van der Waals surface area (Å²) in [4.78, 5) is 3.01. The van der Waals surface area contributed by atoms with Gasteiger partial charge in [0.05, 0.1) is 0 Å². The fourth-order valence-corrected chi connectivity index (χ4v) is 5.13. The Kier molecular flexibility index (Phi) is 2.61. The maximum absolute atomic E-state index is 2.30. The predicted octanol–water partition coefficient (Wildman–Crippen LogP) is 4.89. The summed E-state index contributed by atoms with van der Waals surface area (Å²) in [6.07, 6.45) is 2.29. The molecule has 1 aromatic carbocycles. The lowest BCUT2D eigenvalue weighted by atomic mass is 9.81. The average Bonchev–Trinajstić information content (AvgIpc) is 3.18. The molecule has 1 aliphatic carbocycles. The van der Waals surface area contributed by atoms with Gasteiger partial charge in [-0.15, -0.1) is 22.7 Å². The molecule has 3 aromatic rings. The summed E-state index contributed by atoms with van der Waals surface area (Å²) in [5.74, 6) is 0. The van der Waals surface area contributed by atoms with Crippen LogP contribution < -0.4 is 0 Å². The second-order valence-electron chi connectivity index (χ2n) is 5.16. The van der Waals surface area contributed by atoms with Crippen LogP contribution >= 0.6 is 22.7 Å². The quantitative estimate of drug-likeness (QED) is 0.627. The Balaban J connectivity index is 1.89. The van der Waals surface area contributed by atoms with Crippen LogP contribution in [0.5, 0.6) is 0 Å². The van der Waals surface area contributed by atoms with Crippen molar-refractivity contribution in [1.29, 1.82) is 0 Å². The molecule has 19 heavy (non-hydrogen) atoms. The summed E-state index contributed by atoms with van der Waals surface area (Å²) in [6, 6.07) is 17.9. The molecule has 0 amide bonds. The SMILES string of the molecule is c1csc(C2(c3cccs3)Cc3ccccc3C2)c1. The normalized spacial score (nSPS) is 16.4. The van der Waals surface area contributed by atoms with Crippen molar-refractivity contribution < 1.29 is 0 Å². The monoisotopic (exact) mass is 282 g/mol. The first-order valence-electron chi connectivity index (χ1n) is 6.53. The first-order valence-corrected chi connectivity index (χ1v) is 8.29. The van der Waals surface area contributed by atoms with Crippen LogP contribution in [-0.4, -0.2) is 0 Å². The van der Waals surface area contributed by atoms with Crippen molar-refractivity contribution in [3.05, 3.63) is 80.2 Å². The first kappa shape index (κ1) is 11.4. The van der Waals surface area contributed by atoms with Gasteiger partial charge in [0, 0.05) is 15.2 Å². The van der Waals surface area contributed by atoms with E-state index in [4.69, 9.17) is 0 Å². The highest BCUT2D eigenvalue weighted by molar-refractivity contribution is 7.11. The zero-order valence-corrected chi connectivity index (χ0v) is 12.1. The van der Waals surface area contributed by atoms with E-state index in [2.05, 4.69) is 59.3 Å². The molecule has 0 saturated carbocycles. The Morgan fingerprint density at radius 2 is 1.21 bits per heavy atom. The zero-order chi connectivity index (χ0) is 12.7. The van der Waals surface area contributed by atoms with E-state index < -0.39 is 0 Å². The van der Waals surface area contributed by atoms with Crippen molar-refractivity contribution >= 4 is 22.7 Å². The number of hydrogen-bond acceptors (Lipinski definition) is 2. The molecule has 0 radical (unpaired) electrons. The minimum absolute atomic E-state index is 0.187. The number of benzene rings is 1. The molecule has 0 nitrogen and oxygen atoms in total. The second kappa shape index (κ2) is 4.32. The Morgan fingerprint density at radius 1 is 0.684 bits per heavy atom. The lowest BCUT2D eigenvalue weighted by molar-refractivity contribution is 0.572. The molecule has 0 unspecified atom stereocenters. The average molecular weight is 282 g/mol. The highest BCUT2D eigenvalue weighted by Crippen LogP contribution is 2.47. The van der Waals surface area contributed by atoms with Gasteiger partial charge in [0.2, 0.25) is 0 Å². The highest BCUT2D eigenvalue weighted by Gasteiger charge is 2.41. The van der Waals surface area contributed by atoms with Crippen LogP contribution in [0.3, 0.4) is 0 Å². The number of thiophene rings is 2. The second-order valence-corrected chi connectivity index (χ2v) is 7.05. The Labute approximate surface area is 121 Å². The van der Waals surface area contributed by atoms with Crippen LogP contribution in [0.15, 0.2) is 59.3 Å². The van der Waals surface area contributed by atoms with Crippen LogP contribution in [0.1, 0.15) is 20.9 Å². The zero-order valence-electron chi connectivity index (χ0n) is 10.5. The van der Waals surface area contributed by atoms with Gasteiger partial charge in [-0.3, -0.25) is 0 Å². The third-order valence-electron chi connectivity index (χ3n) is 4.09. The van der Waals surface area contributed by atoms with Crippen LogP contribution in [0, 0.1) is 0 Å². The van der Waals surface area contributed by atoms with E-state index in [9.17, 15) is 0 Å². The maximum atomic E-state index is 2.30. The van der Waals surface area contributed by atoms with Gasteiger partial charge in [-0.25, -0.2) is 0 Å². The van der Waals surface area contributed by atoms with Crippen molar-refractivity contribution in [2.24, 2.45) is 0 Å². The van der Waals surface area contributed by atoms with E-state index in [-0.39, 0.29) is 5.41 Å². The van der Waals surface area contributed by atoms with Crippen molar-refractivity contribution in [3.63, 3.8) is 0 Å². The molecule has 1 aliphatic rings. The van der Waals surface area contributed by atoms with Crippen molar-refractivity contribution in [1.82, 2.24) is 0 Å². The predicted molar refractivity (Wildman–Crippen MR) is 83.3 cm³/mol. The van der Waals surface area contributed by atoms with Gasteiger partial charge in [0.15, 0.2) is 0 Å². The maximum Gasteiger partial charge on any atom is 0.0470 e. The van der Waals surface area contributed by atoms with Gasteiger partial charge < -0.3 is 0 Å². The van der Waals surface area contributed by atoms with Gasteiger partial charge in [0.1, 0.15) is 0 Å². The summed E-state index contributed by atoms with van der Waals surface area (Å²) in [7, 11) is 0. The molecular weight excluding hydrogens is 268 g/mol. The number of hydrogen-bond donors (Lipinski definition) is 0. The van der Waals surface area contributed by atoms with Gasteiger partial charge in [-0.2, -0.15) is 0 Å². The summed E-state index contributed by atoms with van der Waals surface area (Å²) < 4.78 is 0. The lowest BCUT2D eigenvalue weighted by Crippen LogP contribution is -2.26. The van der Waals surface area contributed by atoms with Gasteiger partial charge in [-0.05, 0) is 46.9 Å². The fourth-order valence-electron chi connectivity index (χ4n) is 3.19. The first-order chi connectivity index (χ1) is 9.38. The standard InChI is InChI=1S/C17H14S2/c1-2-6-14-12-17(11-13(14)5-1,15-7-3-9-18-15)16-8-4-10-19-16/h1-10H,11-12H2. The molecule has 2 heterocycles. The van der Waals surface area contributed by atoms with Gasteiger partial charge in [0.25, 0.3) is 0 Å². The van der Waals surface area contributed by atoms with Crippen molar-refractivity contribution in [2.45, 2.75) is 18.3 Å². The Hall–Kier alpha value is -1.38. The van der Waals surface area contributed by atoms with Crippen LogP contribution in [0.4, 0.5) is 0 Å². The van der Waals surface area contributed by atoms with Crippen molar-refractivity contribution in [2.75, 3.05) is 0 Å². The van der Waals surface area contributed by atoms with Gasteiger partial charge in [-0.1, -0.05) is 36.4 Å². The molecule has 0 atom stereocenters. The third-order valence-corrected chi connectivity index (χ3v) is 6.24. The molecule has 2 aromatic heterocycles. The molecule has 0 bridgehead atoms. The Bertz CT molecular complexity index is 617. The van der Waals surface area contributed by atoms with E-state index in [1.165, 1.54) is 20.9 Å². The fraction of sp³-hybridized carbons (Fsp3) is 0.176. The van der Waals surface area contributed by atoms with Crippen LogP contribution in [0.2, 0.25) is 0 Å². The molecule has 0 aliphatic heterocycles. The molecule has 4 rings (SSSR count). The van der Waals surface area contributed by atoms with E-state index in [1.807, 2.05) is 22.7 Å². The summed E-state index contributed by atoms with van der Waals surface area (Å²) in [5.41, 5.74) is 3.22. The summed E-state index contributed by atoms with van der Waals surface area (Å²) >= 11 is 3.79. The van der Waals surface area contributed by atoms with E-state index in [0.717, 1.165) is 12.8 Å². The minimum Gasteiger partial charge on any atom is -0.148 e. The molecule has 2 heteroatoms. The van der Waals surface area contributed by atoms with Crippen LogP contribution in [-0.2, 0) is 18.3 Å². The largest absolute Gasteiger partial charge is 0.148 e. The smallest absolute Gasteiger partial charge is 0.0470 e.